The lowest BCUT2D eigenvalue weighted by Crippen LogP contribution is -2.24. The van der Waals surface area contributed by atoms with E-state index in [1.165, 1.54) is 0 Å². The first-order valence-corrected chi connectivity index (χ1v) is 6.27. The van der Waals surface area contributed by atoms with E-state index in [2.05, 4.69) is 26.6 Å². The summed E-state index contributed by atoms with van der Waals surface area (Å²) in [6, 6.07) is 7.51. The molecule has 5 heteroatoms. The Morgan fingerprint density at radius 3 is 2.65 bits per heavy atom. The molecule has 0 bridgehead atoms. The molecule has 0 saturated carbocycles. The highest BCUT2D eigenvalue weighted by atomic mass is 79.9. The Kier molecular flexibility index (Phi) is 6.84. The predicted molar refractivity (Wildman–Crippen MR) is 72.1 cm³/mol. The number of amides is 1. The molecule has 4 nitrogen and oxygen atoms in total. The fraction of sp³-hybridized carbons (Fsp3) is 0.417. The van der Waals surface area contributed by atoms with E-state index in [1.54, 1.807) is 7.11 Å². The van der Waals surface area contributed by atoms with Crippen LogP contribution in [0.25, 0.3) is 0 Å². The second-order valence-electron chi connectivity index (χ2n) is 3.55. The standard InChI is InChI=1S/C12H17BrN2O2/c1-17-9-8-14-7-6-12(16)15-11-4-2-10(13)3-5-11/h2-5,14H,6-9H2,1H3,(H,15,16). The minimum atomic E-state index is 0.0113. The van der Waals surface area contributed by atoms with Gasteiger partial charge in [0, 0.05) is 36.8 Å². The summed E-state index contributed by atoms with van der Waals surface area (Å²) in [5.41, 5.74) is 0.815. The molecule has 0 heterocycles. The summed E-state index contributed by atoms with van der Waals surface area (Å²) in [6.45, 7) is 2.09. The van der Waals surface area contributed by atoms with Gasteiger partial charge in [-0.2, -0.15) is 0 Å². The number of hydrogen-bond donors (Lipinski definition) is 2. The predicted octanol–water partition coefficient (Wildman–Crippen LogP) is 2.01. The average molecular weight is 301 g/mol. The molecule has 0 fully saturated rings. The maximum Gasteiger partial charge on any atom is 0.225 e. The zero-order chi connectivity index (χ0) is 12.5. The molecule has 0 aliphatic rings. The van der Waals surface area contributed by atoms with Crippen LogP contribution in [0.1, 0.15) is 6.42 Å². The number of ether oxygens (including phenoxy) is 1. The highest BCUT2D eigenvalue weighted by molar-refractivity contribution is 9.10. The van der Waals surface area contributed by atoms with Gasteiger partial charge < -0.3 is 15.4 Å². The van der Waals surface area contributed by atoms with Crippen LogP contribution in [0.3, 0.4) is 0 Å². The van der Waals surface area contributed by atoms with E-state index in [9.17, 15) is 4.79 Å². The molecule has 0 spiro atoms. The number of methoxy groups -OCH3 is 1. The van der Waals surface area contributed by atoms with E-state index >= 15 is 0 Å². The summed E-state index contributed by atoms with van der Waals surface area (Å²) in [7, 11) is 1.65. The minimum absolute atomic E-state index is 0.0113. The van der Waals surface area contributed by atoms with Gasteiger partial charge >= 0.3 is 0 Å². The third-order valence-corrected chi connectivity index (χ3v) is 2.67. The molecule has 1 aromatic rings. The van der Waals surface area contributed by atoms with Crippen LogP contribution in [0.4, 0.5) is 5.69 Å². The van der Waals surface area contributed by atoms with E-state index < -0.39 is 0 Å². The molecule has 17 heavy (non-hydrogen) atoms. The number of benzene rings is 1. The van der Waals surface area contributed by atoms with Gasteiger partial charge in [0.15, 0.2) is 0 Å². The molecular weight excluding hydrogens is 284 g/mol. The minimum Gasteiger partial charge on any atom is -0.383 e. The van der Waals surface area contributed by atoms with Gasteiger partial charge in [-0.15, -0.1) is 0 Å². The van der Waals surface area contributed by atoms with E-state index in [-0.39, 0.29) is 5.91 Å². The fourth-order valence-electron chi connectivity index (χ4n) is 1.26. The van der Waals surface area contributed by atoms with Gasteiger partial charge in [0.1, 0.15) is 0 Å². The number of rotatable bonds is 7. The van der Waals surface area contributed by atoms with E-state index in [0.717, 1.165) is 16.7 Å². The van der Waals surface area contributed by atoms with E-state index in [4.69, 9.17) is 4.74 Å². The fourth-order valence-corrected chi connectivity index (χ4v) is 1.52. The van der Waals surface area contributed by atoms with Crippen molar-refractivity contribution < 1.29 is 9.53 Å². The van der Waals surface area contributed by atoms with Crippen LogP contribution in [-0.2, 0) is 9.53 Å². The van der Waals surface area contributed by atoms with Crippen LogP contribution < -0.4 is 10.6 Å². The maximum atomic E-state index is 11.5. The molecule has 1 aromatic carbocycles. The normalized spacial score (nSPS) is 10.2. The van der Waals surface area contributed by atoms with Crippen molar-refractivity contribution >= 4 is 27.5 Å². The number of anilines is 1. The molecular formula is C12H17BrN2O2. The molecule has 0 saturated heterocycles. The van der Waals surface area contributed by atoms with Crippen molar-refractivity contribution in [2.75, 3.05) is 32.1 Å². The third-order valence-electron chi connectivity index (χ3n) is 2.14. The Morgan fingerprint density at radius 1 is 1.29 bits per heavy atom. The zero-order valence-electron chi connectivity index (χ0n) is 9.83. The topological polar surface area (TPSA) is 50.4 Å². The van der Waals surface area contributed by atoms with Crippen molar-refractivity contribution in [3.63, 3.8) is 0 Å². The van der Waals surface area contributed by atoms with Crippen molar-refractivity contribution in [2.45, 2.75) is 6.42 Å². The van der Waals surface area contributed by atoms with Gasteiger partial charge in [-0.3, -0.25) is 4.79 Å². The zero-order valence-corrected chi connectivity index (χ0v) is 11.4. The van der Waals surface area contributed by atoms with E-state index in [1.807, 2.05) is 24.3 Å². The second-order valence-corrected chi connectivity index (χ2v) is 4.46. The van der Waals surface area contributed by atoms with Crippen LogP contribution in [0.5, 0.6) is 0 Å². The van der Waals surface area contributed by atoms with Crippen molar-refractivity contribution in [2.24, 2.45) is 0 Å². The first-order chi connectivity index (χ1) is 8.22. The van der Waals surface area contributed by atoms with Gasteiger partial charge in [-0.25, -0.2) is 0 Å². The maximum absolute atomic E-state index is 11.5. The largest absolute Gasteiger partial charge is 0.383 e. The summed E-state index contributed by atoms with van der Waals surface area (Å²) < 4.78 is 5.89. The number of hydrogen-bond acceptors (Lipinski definition) is 3. The van der Waals surface area contributed by atoms with Gasteiger partial charge in [0.25, 0.3) is 0 Å². The lowest BCUT2D eigenvalue weighted by molar-refractivity contribution is -0.116. The summed E-state index contributed by atoms with van der Waals surface area (Å²) in [4.78, 5) is 11.5. The molecule has 0 aliphatic carbocycles. The first kappa shape index (κ1) is 14.2. The Labute approximate surface area is 110 Å². The van der Waals surface area contributed by atoms with Crippen LogP contribution in [0, 0.1) is 0 Å². The second kappa shape index (κ2) is 8.22. The summed E-state index contributed by atoms with van der Waals surface area (Å²) in [5, 5.41) is 5.95. The van der Waals surface area contributed by atoms with Crippen molar-refractivity contribution in [1.82, 2.24) is 5.32 Å². The lowest BCUT2D eigenvalue weighted by Gasteiger charge is -2.06. The summed E-state index contributed by atoms with van der Waals surface area (Å²) in [6.07, 6.45) is 0.458. The number of carbonyl (C=O) groups is 1. The number of carbonyl (C=O) groups excluding carboxylic acids is 1. The quantitative estimate of drug-likeness (QED) is 0.758. The Bertz CT molecular complexity index is 341. The molecule has 1 amide bonds. The monoisotopic (exact) mass is 300 g/mol. The molecule has 0 aliphatic heterocycles. The smallest absolute Gasteiger partial charge is 0.225 e. The Hall–Kier alpha value is -0.910. The summed E-state index contributed by atoms with van der Waals surface area (Å²) in [5.74, 6) is 0.0113. The highest BCUT2D eigenvalue weighted by Gasteiger charge is 2.01. The van der Waals surface area contributed by atoms with E-state index in [0.29, 0.717) is 19.6 Å². The summed E-state index contributed by atoms with van der Waals surface area (Å²) >= 11 is 3.34. The SMILES string of the molecule is COCCNCCC(=O)Nc1ccc(Br)cc1. The Morgan fingerprint density at radius 2 is 2.00 bits per heavy atom. The average Bonchev–Trinajstić information content (AvgIpc) is 2.32. The van der Waals surface area contributed by atoms with Crippen LogP contribution in [0.2, 0.25) is 0 Å². The Balaban J connectivity index is 2.18. The van der Waals surface area contributed by atoms with Gasteiger partial charge in [-0.05, 0) is 24.3 Å². The molecule has 0 radical (unpaired) electrons. The van der Waals surface area contributed by atoms with Crippen molar-refractivity contribution in [3.8, 4) is 0 Å². The van der Waals surface area contributed by atoms with Gasteiger partial charge in [0.2, 0.25) is 5.91 Å². The van der Waals surface area contributed by atoms with Crippen molar-refractivity contribution in [3.05, 3.63) is 28.7 Å². The van der Waals surface area contributed by atoms with Crippen LogP contribution in [-0.4, -0.2) is 32.7 Å². The lowest BCUT2D eigenvalue weighted by atomic mass is 10.3. The molecule has 1 rings (SSSR count). The van der Waals surface area contributed by atoms with Crippen molar-refractivity contribution in [1.29, 1.82) is 0 Å². The molecule has 0 aromatic heterocycles. The first-order valence-electron chi connectivity index (χ1n) is 5.47. The molecule has 94 valence electrons. The van der Waals surface area contributed by atoms with Crippen LogP contribution in [0.15, 0.2) is 28.7 Å². The highest BCUT2D eigenvalue weighted by Crippen LogP contribution is 2.13. The van der Waals surface area contributed by atoms with Gasteiger partial charge in [0.05, 0.1) is 6.61 Å². The molecule has 2 N–H and O–H groups in total. The molecule has 0 atom stereocenters. The molecule has 0 unspecified atom stereocenters. The number of halogens is 1. The van der Waals surface area contributed by atoms with Gasteiger partial charge in [-0.1, -0.05) is 15.9 Å². The van der Waals surface area contributed by atoms with Crippen LogP contribution >= 0.6 is 15.9 Å². The number of nitrogens with one attached hydrogen (secondary N) is 2. The third kappa shape index (κ3) is 6.41.